The van der Waals surface area contributed by atoms with Gasteiger partial charge in [-0.15, -0.1) is 0 Å². The second-order valence-corrected chi connectivity index (χ2v) is 4.93. The third kappa shape index (κ3) is 3.51. The maximum Gasteiger partial charge on any atom is 0.135 e. The molecule has 4 nitrogen and oxygen atoms in total. The summed E-state index contributed by atoms with van der Waals surface area (Å²) in [6, 6.07) is 15.2. The molecule has 110 valence electrons. The van der Waals surface area contributed by atoms with Crippen molar-refractivity contribution in [3.8, 4) is 0 Å². The average Bonchev–Trinajstić information content (AvgIpc) is 2.52. The molecule has 0 radical (unpaired) electrons. The minimum Gasteiger partial charge on any atom is -0.340 e. The molecular formula is C16H12ClFN4. The molecule has 0 aliphatic rings. The predicted molar refractivity (Wildman–Crippen MR) is 86.4 cm³/mol. The summed E-state index contributed by atoms with van der Waals surface area (Å²) in [4.78, 5) is 8.28. The molecule has 0 bridgehead atoms. The van der Waals surface area contributed by atoms with Gasteiger partial charge in [-0.25, -0.2) is 14.4 Å². The summed E-state index contributed by atoms with van der Waals surface area (Å²) >= 11 is 6.10. The molecule has 0 saturated carbocycles. The fourth-order valence-corrected chi connectivity index (χ4v) is 2.06. The third-order valence-electron chi connectivity index (χ3n) is 2.92. The largest absolute Gasteiger partial charge is 0.340 e. The van der Waals surface area contributed by atoms with Crippen molar-refractivity contribution in [2.75, 3.05) is 10.6 Å². The summed E-state index contributed by atoms with van der Waals surface area (Å²) in [6.07, 6.45) is 1.44. The highest BCUT2D eigenvalue weighted by Gasteiger charge is 2.03. The van der Waals surface area contributed by atoms with Crippen molar-refractivity contribution in [3.63, 3.8) is 0 Å². The van der Waals surface area contributed by atoms with Crippen molar-refractivity contribution in [1.82, 2.24) is 9.97 Å². The van der Waals surface area contributed by atoms with E-state index in [-0.39, 0.29) is 5.82 Å². The normalized spacial score (nSPS) is 10.3. The van der Waals surface area contributed by atoms with Gasteiger partial charge in [0.1, 0.15) is 23.8 Å². The van der Waals surface area contributed by atoms with Gasteiger partial charge in [-0.1, -0.05) is 23.7 Å². The van der Waals surface area contributed by atoms with E-state index in [1.54, 1.807) is 24.3 Å². The number of aromatic nitrogens is 2. The smallest absolute Gasteiger partial charge is 0.135 e. The molecule has 22 heavy (non-hydrogen) atoms. The Bertz CT molecular complexity index is 777. The number of hydrogen-bond donors (Lipinski definition) is 2. The number of para-hydroxylation sites is 1. The summed E-state index contributed by atoms with van der Waals surface area (Å²) in [5.41, 5.74) is 1.50. The zero-order valence-electron chi connectivity index (χ0n) is 11.4. The molecule has 3 rings (SSSR count). The number of halogens is 2. The Morgan fingerprint density at radius 1 is 0.864 bits per heavy atom. The Morgan fingerprint density at radius 3 is 2.27 bits per heavy atom. The van der Waals surface area contributed by atoms with Gasteiger partial charge in [-0.3, -0.25) is 0 Å². The van der Waals surface area contributed by atoms with Gasteiger partial charge in [0.05, 0.1) is 10.7 Å². The topological polar surface area (TPSA) is 49.8 Å². The molecule has 3 aromatic rings. The minimum absolute atomic E-state index is 0.283. The Morgan fingerprint density at radius 2 is 1.55 bits per heavy atom. The van der Waals surface area contributed by atoms with Crippen LogP contribution in [0.3, 0.4) is 0 Å². The molecular weight excluding hydrogens is 303 g/mol. The first-order valence-corrected chi connectivity index (χ1v) is 6.95. The summed E-state index contributed by atoms with van der Waals surface area (Å²) in [7, 11) is 0. The second kappa shape index (κ2) is 6.41. The van der Waals surface area contributed by atoms with Crippen LogP contribution in [0.4, 0.5) is 27.4 Å². The van der Waals surface area contributed by atoms with Crippen molar-refractivity contribution < 1.29 is 4.39 Å². The number of nitrogens with zero attached hydrogens (tertiary/aromatic N) is 2. The molecule has 6 heteroatoms. The first-order valence-electron chi connectivity index (χ1n) is 6.57. The summed E-state index contributed by atoms with van der Waals surface area (Å²) in [6.45, 7) is 0. The number of nitrogens with one attached hydrogen (secondary N) is 2. The van der Waals surface area contributed by atoms with Crippen LogP contribution >= 0.6 is 11.6 Å². The van der Waals surface area contributed by atoms with Crippen LogP contribution in [0.25, 0.3) is 0 Å². The van der Waals surface area contributed by atoms with E-state index in [0.717, 1.165) is 11.4 Å². The van der Waals surface area contributed by atoms with Gasteiger partial charge in [0, 0.05) is 11.8 Å². The molecule has 1 heterocycles. The van der Waals surface area contributed by atoms with Crippen LogP contribution in [-0.4, -0.2) is 9.97 Å². The minimum atomic E-state index is -0.283. The number of anilines is 4. The maximum absolute atomic E-state index is 12.9. The molecule has 2 aromatic carbocycles. The van der Waals surface area contributed by atoms with Gasteiger partial charge in [-0.05, 0) is 36.4 Å². The standard InChI is InChI=1S/C16H12ClFN4/c17-13-3-1-2-4-14(13)22-16-9-15(19-10-20-16)21-12-7-5-11(18)6-8-12/h1-10H,(H2,19,20,21,22). The van der Waals surface area contributed by atoms with Crippen LogP contribution in [0.2, 0.25) is 5.02 Å². The van der Waals surface area contributed by atoms with E-state index in [4.69, 9.17) is 11.6 Å². The summed E-state index contributed by atoms with van der Waals surface area (Å²) < 4.78 is 12.9. The SMILES string of the molecule is Fc1ccc(Nc2cc(Nc3ccccc3Cl)ncn2)cc1. The van der Waals surface area contributed by atoms with E-state index >= 15 is 0 Å². The Kier molecular flexibility index (Phi) is 4.16. The molecule has 0 atom stereocenters. The van der Waals surface area contributed by atoms with Crippen LogP contribution in [0.5, 0.6) is 0 Å². The second-order valence-electron chi connectivity index (χ2n) is 4.53. The molecule has 2 N–H and O–H groups in total. The quantitative estimate of drug-likeness (QED) is 0.729. The van der Waals surface area contributed by atoms with E-state index < -0.39 is 0 Å². The van der Waals surface area contributed by atoms with Gasteiger partial charge in [-0.2, -0.15) is 0 Å². The van der Waals surface area contributed by atoms with Gasteiger partial charge >= 0.3 is 0 Å². The predicted octanol–water partition coefficient (Wildman–Crippen LogP) is 4.76. The zero-order valence-corrected chi connectivity index (χ0v) is 12.2. The summed E-state index contributed by atoms with van der Waals surface area (Å²) in [5.74, 6) is 0.915. The van der Waals surface area contributed by atoms with Gasteiger partial charge in [0.2, 0.25) is 0 Å². The van der Waals surface area contributed by atoms with Gasteiger partial charge < -0.3 is 10.6 Å². The molecule has 0 unspecified atom stereocenters. The fraction of sp³-hybridized carbons (Fsp3) is 0. The van der Waals surface area contributed by atoms with E-state index in [1.807, 2.05) is 18.2 Å². The lowest BCUT2D eigenvalue weighted by molar-refractivity contribution is 0.628. The van der Waals surface area contributed by atoms with Crippen LogP contribution in [0.15, 0.2) is 60.9 Å². The van der Waals surface area contributed by atoms with E-state index in [0.29, 0.717) is 16.7 Å². The monoisotopic (exact) mass is 314 g/mol. The Balaban J connectivity index is 1.78. The number of benzene rings is 2. The highest BCUT2D eigenvalue weighted by Crippen LogP contribution is 2.25. The van der Waals surface area contributed by atoms with Gasteiger partial charge in [0.15, 0.2) is 0 Å². The number of hydrogen-bond acceptors (Lipinski definition) is 4. The molecule has 0 saturated heterocycles. The highest BCUT2D eigenvalue weighted by atomic mass is 35.5. The van der Waals surface area contributed by atoms with E-state index in [1.165, 1.54) is 18.5 Å². The van der Waals surface area contributed by atoms with Crippen molar-refractivity contribution in [2.45, 2.75) is 0 Å². The van der Waals surface area contributed by atoms with Crippen LogP contribution in [0.1, 0.15) is 0 Å². The Labute approximate surface area is 132 Å². The lowest BCUT2D eigenvalue weighted by Gasteiger charge is -2.09. The van der Waals surface area contributed by atoms with Crippen molar-refractivity contribution in [2.24, 2.45) is 0 Å². The highest BCUT2D eigenvalue weighted by molar-refractivity contribution is 6.33. The molecule has 1 aromatic heterocycles. The lowest BCUT2D eigenvalue weighted by Crippen LogP contribution is -1.98. The van der Waals surface area contributed by atoms with Crippen molar-refractivity contribution >= 4 is 34.6 Å². The Hall–Kier alpha value is -2.66. The molecule has 0 aliphatic heterocycles. The van der Waals surface area contributed by atoms with Gasteiger partial charge in [0.25, 0.3) is 0 Å². The van der Waals surface area contributed by atoms with Crippen LogP contribution < -0.4 is 10.6 Å². The average molecular weight is 315 g/mol. The third-order valence-corrected chi connectivity index (χ3v) is 3.25. The van der Waals surface area contributed by atoms with E-state index in [9.17, 15) is 4.39 Å². The van der Waals surface area contributed by atoms with Crippen molar-refractivity contribution in [3.05, 3.63) is 71.8 Å². The van der Waals surface area contributed by atoms with E-state index in [2.05, 4.69) is 20.6 Å². The maximum atomic E-state index is 12.9. The van der Waals surface area contributed by atoms with Crippen molar-refractivity contribution in [1.29, 1.82) is 0 Å². The fourth-order valence-electron chi connectivity index (χ4n) is 1.88. The molecule has 0 aliphatic carbocycles. The summed E-state index contributed by atoms with van der Waals surface area (Å²) in [5, 5.41) is 6.81. The van der Waals surface area contributed by atoms with Crippen LogP contribution in [-0.2, 0) is 0 Å². The first kappa shape index (κ1) is 14.3. The first-order chi connectivity index (χ1) is 10.7. The lowest BCUT2D eigenvalue weighted by atomic mass is 10.3. The molecule has 0 amide bonds. The zero-order chi connectivity index (χ0) is 15.4. The van der Waals surface area contributed by atoms with Crippen LogP contribution in [0, 0.1) is 5.82 Å². The molecule has 0 fully saturated rings. The number of rotatable bonds is 4. The molecule has 0 spiro atoms.